The number of aromatic nitrogens is 8. The van der Waals surface area contributed by atoms with Gasteiger partial charge in [0.25, 0.3) is 0 Å². The second-order valence-corrected chi connectivity index (χ2v) is 9.04. The van der Waals surface area contributed by atoms with Gasteiger partial charge in [0, 0.05) is 35.7 Å². The molecule has 0 aliphatic carbocycles. The van der Waals surface area contributed by atoms with Gasteiger partial charge in [0.05, 0.1) is 5.69 Å². The van der Waals surface area contributed by atoms with E-state index in [2.05, 4.69) is 59.1 Å². The van der Waals surface area contributed by atoms with E-state index in [0.717, 1.165) is 47.0 Å². The third-order valence-electron chi connectivity index (χ3n) is 5.37. The minimum Gasteiger partial charge on any atom is -0.256 e. The van der Waals surface area contributed by atoms with Crippen LogP contribution >= 0.6 is 0 Å². The van der Waals surface area contributed by atoms with Crippen LogP contribution in [0.2, 0.25) is 0 Å². The number of H-pyrrole nitrogens is 1. The van der Waals surface area contributed by atoms with Crippen LogP contribution in [0.3, 0.4) is 0 Å². The van der Waals surface area contributed by atoms with E-state index < -0.39 is 0 Å². The van der Waals surface area contributed by atoms with Crippen LogP contribution in [0.15, 0.2) is 42.6 Å². The lowest BCUT2D eigenvalue weighted by atomic mass is 9.96. The highest BCUT2D eigenvalue weighted by atomic mass is 15.5. The van der Waals surface area contributed by atoms with Gasteiger partial charge in [-0.15, -0.1) is 10.2 Å². The third-order valence-corrected chi connectivity index (χ3v) is 5.37. The Kier molecular flexibility index (Phi) is 6.39. The van der Waals surface area contributed by atoms with Crippen molar-refractivity contribution < 1.29 is 0 Å². The second kappa shape index (κ2) is 9.38. The van der Waals surface area contributed by atoms with Gasteiger partial charge in [0.15, 0.2) is 5.82 Å². The van der Waals surface area contributed by atoms with Gasteiger partial charge in [0.1, 0.15) is 5.82 Å². The Hall–Kier alpha value is -3.42. The fraction of sp³-hybridized carbons (Fsp3) is 0.417. The first kappa shape index (κ1) is 21.8. The maximum Gasteiger partial charge on any atom is 0.205 e. The second-order valence-electron chi connectivity index (χ2n) is 9.04. The zero-order valence-corrected chi connectivity index (χ0v) is 19.2. The third kappa shape index (κ3) is 4.90. The minimum atomic E-state index is -0.0776. The molecule has 0 fully saturated rings. The Morgan fingerprint density at radius 3 is 2.47 bits per heavy atom. The van der Waals surface area contributed by atoms with Crippen LogP contribution < -0.4 is 0 Å². The summed E-state index contributed by atoms with van der Waals surface area (Å²) in [4.78, 5) is 9.61. The summed E-state index contributed by atoms with van der Waals surface area (Å²) >= 11 is 0. The number of rotatable bonds is 8. The number of pyridine rings is 1. The van der Waals surface area contributed by atoms with Gasteiger partial charge in [-0.25, -0.2) is 9.67 Å². The average molecular weight is 431 g/mol. The van der Waals surface area contributed by atoms with Crippen molar-refractivity contribution in [3.05, 3.63) is 59.8 Å². The lowest BCUT2D eigenvalue weighted by Crippen LogP contribution is -2.14. The van der Waals surface area contributed by atoms with E-state index in [1.807, 2.05) is 36.5 Å². The molecule has 8 heteroatoms. The molecular weight excluding hydrogens is 400 g/mol. The first-order valence-corrected chi connectivity index (χ1v) is 11.2. The van der Waals surface area contributed by atoms with Crippen LogP contribution in [-0.2, 0) is 18.4 Å². The molecule has 0 aliphatic rings. The largest absolute Gasteiger partial charge is 0.256 e. The molecule has 4 rings (SSSR count). The standard InChI is InChI=1S/C24H30N8/c1-5-6-9-14-32-21(26-23(29-32)24(2,3)4)15-17-12-13-20(25-16-17)18-10-7-8-11-19(18)22-27-30-31-28-22/h7-8,10-13,16H,5-6,9,14-15H2,1-4H3,(H,27,28,30,31). The van der Waals surface area contributed by atoms with Crippen molar-refractivity contribution in [1.82, 2.24) is 40.4 Å². The molecule has 0 bridgehead atoms. The molecule has 0 radical (unpaired) electrons. The predicted octanol–water partition coefficient (Wildman–Crippen LogP) is 4.60. The number of nitrogens with zero attached hydrogens (tertiary/aromatic N) is 7. The Labute approximate surface area is 188 Å². The van der Waals surface area contributed by atoms with Gasteiger partial charge in [-0.2, -0.15) is 10.3 Å². The lowest BCUT2D eigenvalue weighted by Gasteiger charge is -2.12. The monoisotopic (exact) mass is 430 g/mol. The van der Waals surface area contributed by atoms with Gasteiger partial charge in [-0.1, -0.05) is 70.9 Å². The maximum absolute atomic E-state index is 4.88. The molecular formula is C24H30N8. The van der Waals surface area contributed by atoms with Gasteiger partial charge in [-0.3, -0.25) is 4.98 Å². The predicted molar refractivity (Wildman–Crippen MR) is 124 cm³/mol. The average Bonchev–Trinajstić information content (AvgIpc) is 3.45. The highest BCUT2D eigenvalue weighted by Gasteiger charge is 2.22. The normalized spacial score (nSPS) is 11.8. The van der Waals surface area contributed by atoms with Gasteiger partial charge in [-0.05, 0) is 23.3 Å². The topological polar surface area (TPSA) is 98.1 Å². The molecule has 0 unspecified atom stereocenters. The van der Waals surface area contributed by atoms with Crippen LogP contribution in [0.5, 0.6) is 0 Å². The minimum absolute atomic E-state index is 0.0776. The SMILES string of the molecule is CCCCCn1nc(C(C)(C)C)nc1Cc1ccc(-c2ccccc2-c2nn[nH]n2)nc1. The highest BCUT2D eigenvalue weighted by molar-refractivity contribution is 5.78. The van der Waals surface area contributed by atoms with Crippen molar-refractivity contribution >= 4 is 0 Å². The molecule has 8 nitrogen and oxygen atoms in total. The number of unbranched alkanes of at least 4 members (excludes halogenated alkanes) is 2. The molecule has 1 aromatic carbocycles. The molecule has 0 aliphatic heterocycles. The van der Waals surface area contributed by atoms with Crippen molar-refractivity contribution in [2.24, 2.45) is 0 Å². The molecule has 4 aromatic rings. The zero-order valence-electron chi connectivity index (χ0n) is 19.2. The summed E-state index contributed by atoms with van der Waals surface area (Å²) in [5.74, 6) is 2.44. The summed E-state index contributed by atoms with van der Waals surface area (Å²) in [6.07, 6.45) is 6.12. The quantitative estimate of drug-likeness (QED) is 0.410. The molecule has 3 heterocycles. The first-order valence-electron chi connectivity index (χ1n) is 11.2. The van der Waals surface area contributed by atoms with Crippen LogP contribution in [0.4, 0.5) is 0 Å². The Balaban J connectivity index is 1.58. The van der Waals surface area contributed by atoms with Crippen LogP contribution in [0.1, 0.15) is 64.2 Å². The molecule has 166 valence electrons. The van der Waals surface area contributed by atoms with Crippen molar-refractivity contribution in [1.29, 1.82) is 0 Å². The zero-order chi connectivity index (χ0) is 22.6. The van der Waals surface area contributed by atoms with E-state index >= 15 is 0 Å². The van der Waals surface area contributed by atoms with E-state index in [-0.39, 0.29) is 5.41 Å². The molecule has 32 heavy (non-hydrogen) atoms. The van der Waals surface area contributed by atoms with Gasteiger partial charge in [0.2, 0.25) is 5.82 Å². The van der Waals surface area contributed by atoms with Gasteiger partial charge >= 0.3 is 0 Å². The number of benzene rings is 1. The number of nitrogens with one attached hydrogen (secondary N) is 1. The van der Waals surface area contributed by atoms with Crippen molar-refractivity contribution in [3.8, 4) is 22.6 Å². The number of hydrogen-bond donors (Lipinski definition) is 1. The van der Waals surface area contributed by atoms with Crippen LogP contribution in [0.25, 0.3) is 22.6 Å². The Morgan fingerprint density at radius 1 is 1.00 bits per heavy atom. The number of hydrogen-bond acceptors (Lipinski definition) is 6. The summed E-state index contributed by atoms with van der Waals surface area (Å²) in [5, 5.41) is 19.2. The summed E-state index contributed by atoms with van der Waals surface area (Å²) in [6, 6.07) is 12.1. The lowest BCUT2D eigenvalue weighted by molar-refractivity contribution is 0.503. The molecule has 0 spiro atoms. The molecule has 0 amide bonds. The van der Waals surface area contributed by atoms with Crippen molar-refractivity contribution in [3.63, 3.8) is 0 Å². The van der Waals surface area contributed by atoms with Crippen LogP contribution in [0, 0.1) is 0 Å². The van der Waals surface area contributed by atoms with E-state index in [1.54, 1.807) is 0 Å². The smallest absolute Gasteiger partial charge is 0.205 e. The number of tetrazole rings is 1. The van der Waals surface area contributed by atoms with E-state index in [0.29, 0.717) is 12.2 Å². The van der Waals surface area contributed by atoms with E-state index in [9.17, 15) is 0 Å². The van der Waals surface area contributed by atoms with E-state index in [1.165, 1.54) is 12.8 Å². The number of aryl methyl sites for hydroxylation is 1. The van der Waals surface area contributed by atoms with Crippen molar-refractivity contribution in [2.75, 3.05) is 0 Å². The highest BCUT2D eigenvalue weighted by Crippen LogP contribution is 2.28. The van der Waals surface area contributed by atoms with Crippen LogP contribution in [-0.4, -0.2) is 40.4 Å². The van der Waals surface area contributed by atoms with E-state index in [4.69, 9.17) is 15.1 Å². The summed E-state index contributed by atoms with van der Waals surface area (Å²) in [7, 11) is 0. The molecule has 3 aromatic heterocycles. The first-order chi connectivity index (χ1) is 15.5. The number of aromatic amines is 1. The Bertz CT molecular complexity index is 1140. The van der Waals surface area contributed by atoms with Gasteiger partial charge < -0.3 is 0 Å². The maximum atomic E-state index is 4.88. The summed E-state index contributed by atoms with van der Waals surface area (Å²) in [5.41, 5.74) is 3.76. The van der Waals surface area contributed by atoms with Crippen molar-refractivity contribution in [2.45, 2.75) is 65.3 Å². The summed E-state index contributed by atoms with van der Waals surface area (Å²) in [6.45, 7) is 9.57. The molecule has 1 N–H and O–H groups in total. The molecule has 0 atom stereocenters. The fourth-order valence-corrected chi connectivity index (χ4v) is 3.56. The molecule has 0 saturated heterocycles. The summed E-state index contributed by atoms with van der Waals surface area (Å²) < 4.78 is 2.08. The molecule has 0 saturated carbocycles. The Morgan fingerprint density at radius 2 is 1.81 bits per heavy atom. The fourth-order valence-electron chi connectivity index (χ4n) is 3.56.